The van der Waals surface area contributed by atoms with Gasteiger partial charge in [-0.2, -0.15) is 0 Å². The van der Waals surface area contributed by atoms with Gasteiger partial charge in [0.05, 0.1) is 11.4 Å². The Morgan fingerprint density at radius 1 is 1.03 bits per heavy atom. The highest BCUT2D eigenvalue weighted by Gasteiger charge is 2.26. The van der Waals surface area contributed by atoms with E-state index in [0.717, 1.165) is 31.2 Å². The van der Waals surface area contributed by atoms with Crippen LogP contribution in [-0.4, -0.2) is 36.5 Å². The van der Waals surface area contributed by atoms with Gasteiger partial charge in [0.15, 0.2) is 0 Å². The number of para-hydroxylation sites is 2. The summed E-state index contributed by atoms with van der Waals surface area (Å²) in [6.45, 7) is 3.35. The summed E-state index contributed by atoms with van der Waals surface area (Å²) in [4.78, 5) is 15.0. The van der Waals surface area contributed by atoms with E-state index in [1.54, 1.807) is 24.3 Å². The minimum atomic E-state index is -0.172. The Labute approximate surface area is 180 Å². The third-order valence-electron chi connectivity index (χ3n) is 6.10. The lowest BCUT2D eigenvalue weighted by atomic mass is 9.89. The molecular weight excluding hydrogens is 374 g/mol. The number of rotatable bonds is 6. The number of likely N-dealkylation sites (tertiary alicyclic amines) is 1. The topological polar surface area (TPSA) is 67.6 Å². The summed E-state index contributed by atoms with van der Waals surface area (Å²) in [6.07, 6.45) is 8.30. The van der Waals surface area contributed by atoms with Crippen LogP contribution in [0.2, 0.25) is 0 Å². The molecule has 0 unspecified atom stereocenters. The largest absolute Gasteiger partial charge is 0.489 e. The number of nitrogens with zero attached hydrogens (tertiary/aromatic N) is 1. The van der Waals surface area contributed by atoms with E-state index < -0.39 is 0 Å². The van der Waals surface area contributed by atoms with Gasteiger partial charge in [-0.15, -0.1) is 0 Å². The third kappa shape index (κ3) is 5.76. The molecule has 1 saturated heterocycles. The van der Waals surface area contributed by atoms with Gasteiger partial charge < -0.3 is 15.8 Å². The fraction of sp³-hybridized carbons (Fsp3) is 0.480. The molecule has 30 heavy (non-hydrogen) atoms. The molecule has 2 fully saturated rings. The van der Waals surface area contributed by atoms with Crippen molar-refractivity contribution in [2.75, 3.05) is 30.7 Å². The number of amides is 1. The van der Waals surface area contributed by atoms with Crippen LogP contribution in [0.25, 0.3) is 0 Å². The number of ether oxygens (including phenoxy) is 1. The molecule has 0 radical (unpaired) electrons. The molecule has 0 spiro atoms. The van der Waals surface area contributed by atoms with Crippen molar-refractivity contribution in [2.24, 2.45) is 5.92 Å². The first kappa shape index (κ1) is 22.2. The molecule has 1 aliphatic heterocycles. The van der Waals surface area contributed by atoms with Crippen molar-refractivity contribution in [3.05, 3.63) is 54.1 Å². The number of nitrogen functional groups attached to an aromatic ring is 1. The minimum Gasteiger partial charge on any atom is -0.489 e. The number of benzene rings is 2. The molecule has 0 bridgehead atoms. The number of hydrogen-bond acceptors (Lipinski definition) is 4. The van der Waals surface area contributed by atoms with E-state index in [-0.39, 0.29) is 19.4 Å². The molecule has 1 heterocycles. The van der Waals surface area contributed by atoms with Gasteiger partial charge in [0.25, 0.3) is 5.91 Å². The summed E-state index contributed by atoms with van der Waals surface area (Å²) >= 11 is 0. The molecule has 162 valence electrons. The van der Waals surface area contributed by atoms with Crippen LogP contribution in [0.15, 0.2) is 48.5 Å². The first-order valence-corrected chi connectivity index (χ1v) is 10.8. The molecule has 1 amide bonds. The van der Waals surface area contributed by atoms with Crippen LogP contribution in [0.4, 0.5) is 11.4 Å². The quantitative estimate of drug-likeness (QED) is 0.644. The lowest BCUT2D eigenvalue weighted by molar-refractivity contribution is 0.102. The zero-order valence-corrected chi connectivity index (χ0v) is 17.0. The molecule has 3 N–H and O–H groups in total. The Kier molecular flexibility index (Phi) is 7.75. The van der Waals surface area contributed by atoms with E-state index in [1.165, 1.54) is 38.6 Å². The summed E-state index contributed by atoms with van der Waals surface area (Å²) in [5.74, 6) is 1.53. The number of carbonyl (C=O) groups excluding carboxylic acids is 1. The van der Waals surface area contributed by atoms with E-state index >= 15 is 0 Å². The molecule has 1 saturated carbocycles. The van der Waals surface area contributed by atoms with Gasteiger partial charge in [-0.25, -0.2) is 0 Å². The first-order valence-electron chi connectivity index (χ1n) is 10.8. The Morgan fingerprint density at radius 2 is 1.77 bits per heavy atom. The average Bonchev–Trinajstić information content (AvgIpc) is 3.17. The van der Waals surface area contributed by atoms with Crippen molar-refractivity contribution in [1.29, 1.82) is 0 Å². The van der Waals surface area contributed by atoms with Gasteiger partial charge in [-0.1, -0.05) is 38.8 Å². The monoisotopic (exact) mass is 409 g/mol. The van der Waals surface area contributed by atoms with Gasteiger partial charge in [-0.05, 0) is 61.6 Å². The van der Waals surface area contributed by atoms with Crippen LogP contribution in [0.1, 0.15) is 56.3 Å². The highest BCUT2D eigenvalue weighted by molar-refractivity contribution is 6.05. The smallest absolute Gasteiger partial charge is 0.255 e. The van der Waals surface area contributed by atoms with Crippen molar-refractivity contribution in [2.45, 2.75) is 52.1 Å². The van der Waals surface area contributed by atoms with Crippen LogP contribution in [0, 0.1) is 5.92 Å². The van der Waals surface area contributed by atoms with Gasteiger partial charge >= 0.3 is 0 Å². The molecule has 1 atom stereocenters. The maximum absolute atomic E-state index is 12.4. The average molecular weight is 410 g/mol. The van der Waals surface area contributed by atoms with Crippen LogP contribution < -0.4 is 15.8 Å². The lowest BCUT2D eigenvalue weighted by Gasteiger charge is -2.26. The highest BCUT2D eigenvalue weighted by atomic mass is 16.5. The summed E-state index contributed by atoms with van der Waals surface area (Å²) in [7, 11) is 0. The Morgan fingerprint density at radius 3 is 2.50 bits per heavy atom. The fourth-order valence-corrected chi connectivity index (χ4v) is 4.48. The Hall–Kier alpha value is -2.53. The Bertz CT molecular complexity index is 815. The highest BCUT2D eigenvalue weighted by Crippen LogP contribution is 2.27. The standard InChI is InChI=1S/C24H31N3O2.CH4/c25-22-8-4-5-9-23(22)26-24(28)19-10-12-20(13-11-19)29-21-14-15-27(17-21)16-18-6-2-1-3-7-18;/h4-5,8-13,18,21H,1-3,6-7,14-17,25H2,(H,26,28);1H4/t21-;/m0./s1. The number of carbonyl (C=O) groups is 1. The maximum Gasteiger partial charge on any atom is 0.255 e. The van der Waals surface area contributed by atoms with E-state index in [4.69, 9.17) is 10.5 Å². The second kappa shape index (κ2) is 10.5. The SMILES string of the molecule is C.Nc1ccccc1NC(=O)c1ccc(O[C@H]2CCN(CC3CCCCC3)C2)cc1. The Balaban J connectivity index is 0.00000256. The van der Waals surface area contributed by atoms with Gasteiger partial charge in [0.2, 0.25) is 0 Å². The molecule has 2 aromatic rings. The van der Waals surface area contributed by atoms with Gasteiger partial charge in [-0.3, -0.25) is 9.69 Å². The second-order valence-electron chi connectivity index (χ2n) is 8.36. The maximum atomic E-state index is 12.4. The molecule has 1 aliphatic carbocycles. The number of hydrogen-bond donors (Lipinski definition) is 2. The third-order valence-corrected chi connectivity index (χ3v) is 6.10. The van der Waals surface area contributed by atoms with Gasteiger partial charge in [0, 0.05) is 25.2 Å². The van der Waals surface area contributed by atoms with Crippen molar-refractivity contribution in [3.8, 4) is 5.75 Å². The van der Waals surface area contributed by atoms with Crippen LogP contribution >= 0.6 is 0 Å². The first-order chi connectivity index (χ1) is 14.2. The van der Waals surface area contributed by atoms with Crippen molar-refractivity contribution < 1.29 is 9.53 Å². The number of anilines is 2. The zero-order valence-electron chi connectivity index (χ0n) is 17.0. The fourth-order valence-electron chi connectivity index (χ4n) is 4.48. The van der Waals surface area contributed by atoms with Gasteiger partial charge in [0.1, 0.15) is 11.9 Å². The number of nitrogens with one attached hydrogen (secondary N) is 1. The molecule has 5 heteroatoms. The molecular formula is C25H35N3O2. The molecule has 2 aliphatic rings. The summed E-state index contributed by atoms with van der Waals surface area (Å²) in [6, 6.07) is 14.6. The van der Waals surface area contributed by atoms with E-state index in [0.29, 0.717) is 16.9 Å². The minimum absolute atomic E-state index is 0. The van der Waals surface area contributed by atoms with E-state index in [9.17, 15) is 4.79 Å². The molecule has 4 rings (SSSR count). The summed E-state index contributed by atoms with van der Waals surface area (Å²) in [5.41, 5.74) is 7.66. The zero-order chi connectivity index (χ0) is 20.1. The molecule has 2 aromatic carbocycles. The van der Waals surface area contributed by atoms with Crippen molar-refractivity contribution >= 4 is 17.3 Å². The predicted molar refractivity (Wildman–Crippen MR) is 124 cm³/mol. The van der Waals surface area contributed by atoms with E-state index in [2.05, 4.69) is 10.2 Å². The van der Waals surface area contributed by atoms with Crippen LogP contribution in [-0.2, 0) is 0 Å². The summed E-state index contributed by atoms with van der Waals surface area (Å²) < 4.78 is 6.17. The lowest BCUT2D eigenvalue weighted by Crippen LogP contribution is -2.30. The summed E-state index contributed by atoms with van der Waals surface area (Å²) in [5, 5.41) is 2.85. The van der Waals surface area contributed by atoms with Crippen LogP contribution in [0.3, 0.4) is 0 Å². The van der Waals surface area contributed by atoms with Crippen LogP contribution in [0.5, 0.6) is 5.75 Å². The van der Waals surface area contributed by atoms with Crippen molar-refractivity contribution in [1.82, 2.24) is 4.90 Å². The number of nitrogens with two attached hydrogens (primary N) is 1. The molecule has 0 aromatic heterocycles. The predicted octanol–water partition coefficient (Wildman–Crippen LogP) is 5.19. The van der Waals surface area contributed by atoms with E-state index in [1.807, 2.05) is 24.3 Å². The molecule has 5 nitrogen and oxygen atoms in total. The normalized spacial score (nSPS) is 19.8. The van der Waals surface area contributed by atoms with Crippen molar-refractivity contribution in [3.63, 3.8) is 0 Å². The second-order valence-corrected chi connectivity index (χ2v) is 8.36.